The number of imidazole rings is 1. The molecule has 0 amide bonds. The molecule has 1 aromatic heterocycles. The van der Waals surface area contributed by atoms with Gasteiger partial charge in [-0.3, -0.25) is 4.79 Å². The zero-order chi connectivity index (χ0) is 14.7. The van der Waals surface area contributed by atoms with Crippen LogP contribution in [0.15, 0.2) is 23.4 Å². The van der Waals surface area contributed by atoms with E-state index in [0.717, 1.165) is 16.2 Å². The third-order valence-corrected chi connectivity index (χ3v) is 3.80. The van der Waals surface area contributed by atoms with Crippen molar-refractivity contribution in [3.63, 3.8) is 0 Å². The lowest BCUT2D eigenvalue weighted by molar-refractivity contribution is -0.139. The lowest BCUT2D eigenvalue weighted by Gasteiger charge is -2.15. The SMILES string of the molecule is Cc1ccc2nc(SCC(NC(C)C)C(=O)O)[nH]c2c1. The fourth-order valence-corrected chi connectivity index (χ4v) is 2.83. The number of benzene rings is 1. The van der Waals surface area contributed by atoms with Gasteiger partial charge in [0.1, 0.15) is 6.04 Å². The van der Waals surface area contributed by atoms with Crippen LogP contribution in [0.1, 0.15) is 19.4 Å². The van der Waals surface area contributed by atoms with Crippen LogP contribution in [0.5, 0.6) is 0 Å². The van der Waals surface area contributed by atoms with Crippen molar-refractivity contribution < 1.29 is 9.90 Å². The second-order valence-corrected chi connectivity index (χ2v) is 6.09. The molecule has 3 N–H and O–H groups in total. The largest absolute Gasteiger partial charge is 0.480 e. The molecule has 6 heteroatoms. The molecular formula is C14H19N3O2S. The lowest BCUT2D eigenvalue weighted by atomic mass is 10.2. The van der Waals surface area contributed by atoms with Crippen molar-refractivity contribution in [1.82, 2.24) is 15.3 Å². The van der Waals surface area contributed by atoms with Gasteiger partial charge in [-0.15, -0.1) is 0 Å². The van der Waals surface area contributed by atoms with Crippen LogP contribution in [0.3, 0.4) is 0 Å². The molecule has 0 aliphatic rings. The summed E-state index contributed by atoms with van der Waals surface area (Å²) in [6, 6.07) is 5.57. The summed E-state index contributed by atoms with van der Waals surface area (Å²) in [6.07, 6.45) is 0. The Kier molecular flexibility index (Phi) is 4.67. The van der Waals surface area contributed by atoms with E-state index in [1.807, 2.05) is 39.0 Å². The van der Waals surface area contributed by atoms with Crippen LogP contribution in [0.25, 0.3) is 11.0 Å². The van der Waals surface area contributed by atoms with Gasteiger partial charge < -0.3 is 15.4 Å². The van der Waals surface area contributed by atoms with E-state index in [-0.39, 0.29) is 6.04 Å². The minimum absolute atomic E-state index is 0.134. The van der Waals surface area contributed by atoms with Crippen LogP contribution in [-0.4, -0.2) is 38.9 Å². The number of aromatic amines is 1. The maximum Gasteiger partial charge on any atom is 0.321 e. The third kappa shape index (κ3) is 3.74. The van der Waals surface area contributed by atoms with E-state index in [1.165, 1.54) is 17.3 Å². The summed E-state index contributed by atoms with van der Waals surface area (Å²) < 4.78 is 0. The minimum atomic E-state index is -0.835. The molecular weight excluding hydrogens is 274 g/mol. The zero-order valence-electron chi connectivity index (χ0n) is 11.8. The fourth-order valence-electron chi connectivity index (χ4n) is 1.92. The highest BCUT2D eigenvalue weighted by atomic mass is 32.2. The molecule has 0 saturated carbocycles. The van der Waals surface area contributed by atoms with Crippen LogP contribution in [0.4, 0.5) is 0 Å². The Hall–Kier alpha value is -1.53. The molecule has 0 bridgehead atoms. The quantitative estimate of drug-likeness (QED) is 0.713. The Morgan fingerprint density at radius 1 is 1.50 bits per heavy atom. The van der Waals surface area contributed by atoms with E-state index in [2.05, 4.69) is 15.3 Å². The van der Waals surface area contributed by atoms with Crippen molar-refractivity contribution in [2.45, 2.75) is 38.0 Å². The molecule has 0 fully saturated rings. The molecule has 2 aromatic rings. The molecule has 1 unspecified atom stereocenters. The molecule has 0 spiro atoms. The number of nitrogens with zero attached hydrogens (tertiary/aromatic N) is 1. The van der Waals surface area contributed by atoms with E-state index in [1.54, 1.807) is 0 Å². The molecule has 2 rings (SSSR count). The highest BCUT2D eigenvalue weighted by molar-refractivity contribution is 7.99. The van der Waals surface area contributed by atoms with Gasteiger partial charge in [0.2, 0.25) is 0 Å². The average Bonchev–Trinajstić information content (AvgIpc) is 2.75. The van der Waals surface area contributed by atoms with Gasteiger partial charge in [-0.25, -0.2) is 4.98 Å². The average molecular weight is 293 g/mol. The van der Waals surface area contributed by atoms with Crippen LogP contribution >= 0.6 is 11.8 Å². The first kappa shape index (κ1) is 14.9. The summed E-state index contributed by atoms with van der Waals surface area (Å²) in [6.45, 7) is 5.90. The van der Waals surface area contributed by atoms with E-state index < -0.39 is 12.0 Å². The van der Waals surface area contributed by atoms with E-state index in [9.17, 15) is 4.79 Å². The van der Waals surface area contributed by atoms with Crippen LogP contribution in [0.2, 0.25) is 0 Å². The number of hydrogen-bond acceptors (Lipinski definition) is 4. The highest BCUT2D eigenvalue weighted by Crippen LogP contribution is 2.21. The number of fused-ring (bicyclic) bond motifs is 1. The van der Waals surface area contributed by atoms with Gasteiger partial charge in [-0.05, 0) is 24.6 Å². The molecule has 20 heavy (non-hydrogen) atoms. The van der Waals surface area contributed by atoms with E-state index in [0.29, 0.717) is 5.75 Å². The number of carboxylic acids is 1. The third-order valence-electron chi connectivity index (χ3n) is 2.83. The Morgan fingerprint density at radius 2 is 2.25 bits per heavy atom. The normalized spacial score (nSPS) is 13.0. The van der Waals surface area contributed by atoms with Gasteiger partial charge in [0.15, 0.2) is 5.16 Å². The highest BCUT2D eigenvalue weighted by Gasteiger charge is 2.19. The molecule has 108 valence electrons. The van der Waals surface area contributed by atoms with Crippen LogP contribution in [0, 0.1) is 6.92 Å². The number of aryl methyl sites for hydroxylation is 1. The van der Waals surface area contributed by atoms with Crippen molar-refractivity contribution in [1.29, 1.82) is 0 Å². The second-order valence-electron chi connectivity index (χ2n) is 5.09. The number of thioether (sulfide) groups is 1. The van der Waals surface area contributed by atoms with Crippen LogP contribution < -0.4 is 5.32 Å². The van der Waals surface area contributed by atoms with Crippen molar-refractivity contribution in [2.75, 3.05) is 5.75 Å². The van der Waals surface area contributed by atoms with Crippen LogP contribution in [-0.2, 0) is 4.79 Å². The first-order valence-electron chi connectivity index (χ1n) is 6.53. The van der Waals surface area contributed by atoms with Gasteiger partial charge in [0.05, 0.1) is 11.0 Å². The Labute approximate surface area is 122 Å². The summed E-state index contributed by atoms with van der Waals surface area (Å²) in [4.78, 5) is 18.8. The number of rotatable bonds is 6. The molecule has 1 aromatic carbocycles. The zero-order valence-corrected chi connectivity index (χ0v) is 12.6. The van der Waals surface area contributed by atoms with Gasteiger partial charge in [0.25, 0.3) is 0 Å². The lowest BCUT2D eigenvalue weighted by Crippen LogP contribution is -2.42. The maximum absolute atomic E-state index is 11.2. The first-order chi connectivity index (χ1) is 9.45. The molecule has 1 atom stereocenters. The standard InChI is InChI=1S/C14H19N3O2S/c1-8(2)15-12(13(18)19)7-20-14-16-10-5-4-9(3)6-11(10)17-14/h4-6,8,12,15H,7H2,1-3H3,(H,16,17)(H,18,19). The predicted molar refractivity (Wildman–Crippen MR) is 81.3 cm³/mol. The summed E-state index contributed by atoms with van der Waals surface area (Å²) in [5.41, 5.74) is 3.06. The number of hydrogen-bond donors (Lipinski definition) is 3. The first-order valence-corrected chi connectivity index (χ1v) is 7.52. The van der Waals surface area contributed by atoms with Gasteiger partial charge >= 0.3 is 5.97 Å². The van der Waals surface area contributed by atoms with Crippen molar-refractivity contribution >= 4 is 28.8 Å². The number of nitrogens with one attached hydrogen (secondary N) is 2. The minimum Gasteiger partial charge on any atom is -0.480 e. The smallest absolute Gasteiger partial charge is 0.321 e. The number of carboxylic acid groups (broad SMARTS) is 1. The van der Waals surface area contributed by atoms with Gasteiger partial charge in [0, 0.05) is 11.8 Å². The monoisotopic (exact) mass is 293 g/mol. The Bertz CT molecular complexity index is 609. The molecule has 1 heterocycles. The Balaban J connectivity index is 2.05. The second kappa shape index (κ2) is 6.28. The summed E-state index contributed by atoms with van der Waals surface area (Å²) in [5, 5.41) is 13.0. The Morgan fingerprint density at radius 3 is 2.90 bits per heavy atom. The number of aromatic nitrogens is 2. The van der Waals surface area contributed by atoms with Gasteiger partial charge in [-0.2, -0.15) is 0 Å². The summed E-state index contributed by atoms with van der Waals surface area (Å²) in [5.74, 6) is -0.398. The maximum atomic E-state index is 11.2. The summed E-state index contributed by atoms with van der Waals surface area (Å²) >= 11 is 1.42. The van der Waals surface area contributed by atoms with E-state index >= 15 is 0 Å². The molecule has 0 radical (unpaired) electrons. The molecule has 5 nitrogen and oxygen atoms in total. The van der Waals surface area contributed by atoms with Gasteiger partial charge in [-0.1, -0.05) is 31.7 Å². The summed E-state index contributed by atoms with van der Waals surface area (Å²) in [7, 11) is 0. The van der Waals surface area contributed by atoms with Crippen molar-refractivity contribution in [3.05, 3.63) is 23.8 Å². The predicted octanol–water partition coefficient (Wildman–Crippen LogP) is 2.41. The number of carbonyl (C=O) groups is 1. The fraction of sp³-hybridized carbons (Fsp3) is 0.429. The van der Waals surface area contributed by atoms with Crippen molar-refractivity contribution in [3.8, 4) is 0 Å². The number of H-pyrrole nitrogens is 1. The molecule has 0 aliphatic carbocycles. The number of aliphatic carboxylic acids is 1. The molecule has 0 saturated heterocycles. The van der Waals surface area contributed by atoms with E-state index in [4.69, 9.17) is 5.11 Å². The topological polar surface area (TPSA) is 78.0 Å². The molecule has 0 aliphatic heterocycles. The van der Waals surface area contributed by atoms with Crippen molar-refractivity contribution in [2.24, 2.45) is 0 Å².